The van der Waals surface area contributed by atoms with Gasteiger partial charge in [-0.3, -0.25) is 9.59 Å². The van der Waals surface area contributed by atoms with Crippen LogP contribution in [0.4, 0.5) is 5.69 Å². The Hall–Kier alpha value is -3.71. The van der Waals surface area contributed by atoms with Gasteiger partial charge in [-0.15, -0.1) is 11.3 Å². The monoisotopic (exact) mass is 417 g/mol. The summed E-state index contributed by atoms with van der Waals surface area (Å²) in [5.41, 5.74) is 2.57. The van der Waals surface area contributed by atoms with E-state index in [1.54, 1.807) is 29.7 Å². The highest BCUT2D eigenvalue weighted by Crippen LogP contribution is 2.23. The third-order valence-electron chi connectivity index (χ3n) is 4.48. The molecule has 30 heavy (non-hydrogen) atoms. The molecule has 0 fully saturated rings. The minimum Gasteiger partial charge on any atom is -0.459 e. The van der Waals surface area contributed by atoms with Crippen LogP contribution in [0.3, 0.4) is 0 Å². The number of amides is 2. The molecule has 0 aliphatic rings. The van der Waals surface area contributed by atoms with Gasteiger partial charge in [-0.2, -0.15) is 0 Å². The molecule has 0 aliphatic carbocycles. The van der Waals surface area contributed by atoms with Gasteiger partial charge in [0.25, 0.3) is 5.91 Å². The number of nitrogens with zero attached hydrogens (tertiary/aromatic N) is 1. The van der Waals surface area contributed by atoms with Gasteiger partial charge < -0.3 is 15.1 Å². The van der Waals surface area contributed by atoms with Crippen molar-refractivity contribution < 1.29 is 14.0 Å². The molecule has 2 aromatic carbocycles. The standard InChI is InChI=1S/C23H19N3O3S/c27-21(25-18-10-8-17(9-11-18)23-24-12-14-30-23)19(15-16-5-2-1-3-6-16)26-22(28)20-7-4-13-29-20/h1-14,19H,15H2,(H,25,27)(H,26,28)/t19-/m0/s1. The highest BCUT2D eigenvalue weighted by Gasteiger charge is 2.23. The fourth-order valence-electron chi connectivity index (χ4n) is 2.99. The molecule has 2 amide bonds. The number of anilines is 1. The van der Waals surface area contributed by atoms with E-state index in [1.165, 1.54) is 6.26 Å². The topological polar surface area (TPSA) is 84.2 Å². The van der Waals surface area contributed by atoms with Gasteiger partial charge in [-0.1, -0.05) is 30.3 Å². The lowest BCUT2D eigenvalue weighted by molar-refractivity contribution is -0.118. The first kappa shape index (κ1) is 19.6. The summed E-state index contributed by atoms with van der Waals surface area (Å²) >= 11 is 1.55. The molecule has 4 rings (SSSR count). The second-order valence-electron chi connectivity index (χ2n) is 6.60. The number of hydrogen-bond acceptors (Lipinski definition) is 5. The van der Waals surface area contributed by atoms with E-state index >= 15 is 0 Å². The molecule has 1 atom stereocenters. The Morgan fingerprint density at radius 1 is 1.00 bits per heavy atom. The van der Waals surface area contributed by atoms with E-state index in [2.05, 4.69) is 15.6 Å². The normalized spacial score (nSPS) is 11.6. The summed E-state index contributed by atoms with van der Waals surface area (Å²) in [5.74, 6) is -0.579. The minimum atomic E-state index is -0.761. The Kier molecular flexibility index (Phi) is 6.01. The van der Waals surface area contributed by atoms with Crippen LogP contribution in [0.1, 0.15) is 16.1 Å². The number of carbonyl (C=O) groups excluding carboxylic acids is 2. The van der Waals surface area contributed by atoms with E-state index < -0.39 is 11.9 Å². The Morgan fingerprint density at radius 3 is 2.47 bits per heavy atom. The van der Waals surface area contributed by atoms with Crippen molar-refractivity contribution in [3.05, 3.63) is 95.9 Å². The summed E-state index contributed by atoms with van der Waals surface area (Å²) in [6, 6.07) is 19.4. The largest absolute Gasteiger partial charge is 0.459 e. The molecule has 0 bridgehead atoms. The van der Waals surface area contributed by atoms with Crippen LogP contribution in [0.25, 0.3) is 10.6 Å². The molecule has 2 aromatic heterocycles. The lowest BCUT2D eigenvalue weighted by Gasteiger charge is -2.18. The number of thiazole rings is 1. The second-order valence-corrected chi connectivity index (χ2v) is 7.49. The van der Waals surface area contributed by atoms with Crippen LogP contribution in [0.5, 0.6) is 0 Å². The molecule has 2 N–H and O–H groups in total. The Labute approximate surface area is 177 Å². The van der Waals surface area contributed by atoms with Crippen molar-refractivity contribution in [3.8, 4) is 10.6 Å². The summed E-state index contributed by atoms with van der Waals surface area (Å²) in [5, 5.41) is 8.49. The number of furan rings is 1. The smallest absolute Gasteiger partial charge is 0.287 e. The molecule has 0 aliphatic heterocycles. The van der Waals surface area contributed by atoms with Crippen molar-refractivity contribution in [1.82, 2.24) is 10.3 Å². The fraction of sp³-hybridized carbons (Fsp3) is 0.0870. The third-order valence-corrected chi connectivity index (χ3v) is 5.30. The SMILES string of the molecule is O=C(N[C@@H](Cc1ccccc1)C(=O)Nc1ccc(-c2nccs2)cc1)c1ccco1. The van der Waals surface area contributed by atoms with Crippen LogP contribution in [0.2, 0.25) is 0 Å². The van der Waals surface area contributed by atoms with Crippen molar-refractivity contribution in [2.24, 2.45) is 0 Å². The zero-order valence-corrected chi connectivity index (χ0v) is 16.8. The summed E-state index contributed by atoms with van der Waals surface area (Å²) in [6.07, 6.45) is 3.53. The second kappa shape index (κ2) is 9.19. The molecule has 6 nitrogen and oxygen atoms in total. The van der Waals surface area contributed by atoms with Crippen LogP contribution in [0.15, 0.2) is 89.0 Å². The molecule has 0 spiro atoms. The van der Waals surface area contributed by atoms with E-state index in [-0.39, 0.29) is 11.7 Å². The predicted molar refractivity (Wildman–Crippen MR) is 116 cm³/mol. The van der Waals surface area contributed by atoms with E-state index in [0.29, 0.717) is 12.1 Å². The van der Waals surface area contributed by atoms with Crippen LogP contribution < -0.4 is 10.6 Å². The first-order chi connectivity index (χ1) is 14.7. The average molecular weight is 417 g/mol. The highest BCUT2D eigenvalue weighted by atomic mass is 32.1. The van der Waals surface area contributed by atoms with Crippen molar-refractivity contribution >= 4 is 28.8 Å². The number of hydrogen-bond donors (Lipinski definition) is 2. The molecular weight excluding hydrogens is 398 g/mol. The van der Waals surface area contributed by atoms with E-state index in [1.807, 2.05) is 60.0 Å². The predicted octanol–water partition coefficient (Wildman–Crippen LogP) is 4.38. The summed E-state index contributed by atoms with van der Waals surface area (Å²) in [4.78, 5) is 29.7. The van der Waals surface area contributed by atoms with Crippen LogP contribution in [0, 0.1) is 0 Å². The third kappa shape index (κ3) is 4.82. The zero-order chi connectivity index (χ0) is 20.8. The number of carbonyl (C=O) groups is 2. The van der Waals surface area contributed by atoms with Gasteiger partial charge in [-0.05, 0) is 42.0 Å². The lowest BCUT2D eigenvalue weighted by atomic mass is 10.0. The summed E-state index contributed by atoms with van der Waals surface area (Å²) in [6.45, 7) is 0. The summed E-state index contributed by atoms with van der Waals surface area (Å²) in [7, 11) is 0. The first-order valence-electron chi connectivity index (χ1n) is 9.38. The van der Waals surface area contributed by atoms with Crippen LogP contribution >= 0.6 is 11.3 Å². The highest BCUT2D eigenvalue weighted by molar-refractivity contribution is 7.13. The number of benzene rings is 2. The van der Waals surface area contributed by atoms with Crippen molar-refractivity contribution in [1.29, 1.82) is 0 Å². The Balaban J connectivity index is 1.48. The molecule has 4 aromatic rings. The molecule has 0 saturated carbocycles. The molecule has 2 heterocycles. The number of nitrogens with one attached hydrogen (secondary N) is 2. The van der Waals surface area contributed by atoms with E-state index in [4.69, 9.17) is 4.42 Å². The van der Waals surface area contributed by atoms with Gasteiger partial charge in [0.2, 0.25) is 5.91 Å². The van der Waals surface area contributed by atoms with E-state index in [9.17, 15) is 9.59 Å². The molecule has 0 radical (unpaired) electrons. The maximum atomic E-state index is 13.0. The van der Waals surface area contributed by atoms with E-state index in [0.717, 1.165) is 16.1 Å². The van der Waals surface area contributed by atoms with Gasteiger partial charge in [-0.25, -0.2) is 4.98 Å². The Bertz CT molecular complexity index is 1090. The van der Waals surface area contributed by atoms with Gasteiger partial charge in [0.1, 0.15) is 11.0 Å². The summed E-state index contributed by atoms with van der Waals surface area (Å²) < 4.78 is 5.14. The number of aromatic nitrogens is 1. The minimum absolute atomic E-state index is 0.161. The fourth-order valence-corrected chi connectivity index (χ4v) is 3.63. The number of rotatable bonds is 7. The average Bonchev–Trinajstić information content (AvgIpc) is 3.49. The molecular formula is C23H19N3O3S. The van der Waals surface area contributed by atoms with Gasteiger partial charge in [0.05, 0.1) is 6.26 Å². The van der Waals surface area contributed by atoms with Crippen molar-refractivity contribution in [2.45, 2.75) is 12.5 Å². The van der Waals surface area contributed by atoms with Gasteiger partial charge in [0, 0.05) is 29.2 Å². The maximum absolute atomic E-state index is 13.0. The quantitative estimate of drug-likeness (QED) is 0.467. The van der Waals surface area contributed by atoms with Gasteiger partial charge >= 0.3 is 0 Å². The van der Waals surface area contributed by atoms with Crippen LogP contribution in [-0.2, 0) is 11.2 Å². The molecule has 0 unspecified atom stereocenters. The van der Waals surface area contributed by atoms with Crippen molar-refractivity contribution in [3.63, 3.8) is 0 Å². The maximum Gasteiger partial charge on any atom is 0.287 e. The lowest BCUT2D eigenvalue weighted by Crippen LogP contribution is -2.45. The van der Waals surface area contributed by atoms with Gasteiger partial charge in [0.15, 0.2) is 5.76 Å². The molecule has 0 saturated heterocycles. The van der Waals surface area contributed by atoms with Crippen molar-refractivity contribution in [2.75, 3.05) is 5.32 Å². The molecule has 150 valence electrons. The Morgan fingerprint density at radius 2 is 1.80 bits per heavy atom. The first-order valence-corrected chi connectivity index (χ1v) is 10.3. The molecule has 7 heteroatoms. The van der Waals surface area contributed by atoms with Crippen LogP contribution in [-0.4, -0.2) is 22.8 Å². The zero-order valence-electron chi connectivity index (χ0n) is 15.9.